The van der Waals surface area contributed by atoms with Crippen LogP contribution >= 0.6 is 11.3 Å². The van der Waals surface area contributed by atoms with E-state index in [2.05, 4.69) is 29.6 Å². The maximum Gasteiger partial charge on any atom is 0.345 e. The van der Waals surface area contributed by atoms with E-state index in [1.807, 2.05) is 17.5 Å². The number of carbonyl (C=O) groups excluding carboxylic acids is 1. The van der Waals surface area contributed by atoms with Crippen molar-refractivity contribution in [3.8, 4) is 0 Å². The Balaban J connectivity index is 1.52. The van der Waals surface area contributed by atoms with Gasteiger partial charge in [-0.2, -0.15) is 5.10 Å². The minimum absolute atomic E-state index is 0.0246. The van der Waals surface area contributed by atoms with Crippen LogP contribution in [0.15, 0.2) is 22.3 Å². The van der Waals surface area contributed by atoms with Crippen LogP contribution in [0.4, 0.5) is 4.79 Å². The Morgan fingerprint density at radius 1 is 1.42 bits per heavy atom. The lowest BCUT2D eigenvalue weighted by Gasteiger charge is -2.16. The predicted molar refractivity (Wildman–Crippen MR) is 102 cm³/mol. The summed E-state index contributed by atoms with van der Waals surface area (Å²) in [5.74, 6) is 1.38. The average Bonchev–Trinajstić information content (AvgIpc) is 3.17. The highest BCUT2D eigenvalue weighted by atomic mass is 32.1. The van der Waals surface area contributed by atoms with Gasteiger partial charge in [0, 0.05) is 30.4 Å². The summed E-state index contributed by atoms with van der Waals surface area (Å²) in [6.45, 7) is 6.10. The highest BCUT2D eigenvalue weighted by Gasteiger charge is 2.22. The number of aryl methyl sites for hydroxylation is 2. The van der Waals surface area contributed by atoms with Gasteiger partial charge in [-0.3, -0.25) is 4.57 Å². The molecule has 0 saturated heterocycles. The molecule has 7 nitrogen and oxygen atoms in total. The van der Waals surface area contributed by atoms with E-state index in [0.29, 0.717) is 32.0 Å². The summed E-state index contributed by atoms with van der Waals surface area (Å²) in [5.41, 5.74) is -0.0246. The molecule has 8 heteroatoms. The minimum atomic E-state index is -0.155. The molecule has 0 aromatic carbocycles. The smallest absolute Gasteiger partial charge is 0.335 e. The van der Waals surface area contributed by atoms with E-state index in [1.54, 1.807) is 20.6 Å². The van der Waals surface area contributed by atoms with Crippen molar-refractivity contribution >= 4 is 17.4 Å². The SMILES string of the molecule is CC(C)CCn1nc2n(c1=O)CCC(NC(=O)NCc1cccs1)CC2. The Hall–Kier alpha value is -2.09. The summed E-state index contributed by atoms with van der Waals surface area (Å²) in [6, 6.07) is 3.88. The molecule has 0 bridgehead atoms. The van der Waals surface area contributed by atoms with Crippen molar-refractivity contribution in [1.29, 1.82) is 0 Å². The zero-order chi connectivity index (χ0) is 18.5. The first-order chi connectivity index (χ1) is 12.5. The zero-order valence-electron chi connectivity index (χ0n) is 15.4. The van der Waals surface area contributed by atoms with Gasteiger partial charge >= 0.3 is 11.7 Å². The number of hydrogen-bond acceptors (Lipinski definition) is 4. The molecule has 142 valence electrons. The molecule has 1 unspecified atom stereocenters. The molecule has 0 aliphatic carbocycles. The quantitative estimate of drug-likeness (QED) is 0.811. The van der Waals surface area contributed by atoms with Crippen LogP contribution in [0.25, 0.3) is 0 Å². The van der Waals surface area contributed by atoms with Gasteiger partial charge in [0.1, 0.15) is 5.82 Å². The van der Waals surface area contributed by atoms with Crippen molar-refractivity contribution in [3.63, 3.8) is 0 Å². The van der Waals surface area contributed by atoms with Gasteiger partial charge in [-0.25, -0.2) is 14.3 Å². The second kappa shape index (κ2) is 8.53. The molecule has 1 atom stereocenters. The number of nitrogens with one attached hydrogen (secondary N) is 2. The van der Waals surface area contributed by atoms with E-state index in [9.17, 15) is 9.59 Å². The molecule has 2 aromatic heterocycles. The third-order valence-corrected chi connectivity index (χ3v) is 5.55. The first-order valence-corrected chi connectivity index (χ1v) is 10.1. The molecule has 0 fully saturated rings. The van der Waals surface area contributed by atoms with Crippen molar-refractivity contribution < 1.29 is 4.79 Å². The molecule has 0 spiro atoms. The lowest BCUT2D eigenvalue weighted by Crippen LogP contribution is -2.42. The molecule has 3 heterocycles. The van der Waals surface area contributed by atoms with Crippen molar-refractivity contribution in [2.45, 2.75) is 65.2 Å². The van der Waals surface area contributed by atoms with Gasteiger partial charge in [-0.05, 0) is 36.6 Å². The monoisotopic (exact) mass is 377 g/mol. The van der Waals surface area contributed by atoms with Gasteiger partial charge in [0.05, 0.1) is 6.54 Å². The first kappa shape index (κ1) is 18.7. The molecule has 0 radical (unpaired) electrons. The van der Waals surface area contributed by atoms with Crippen LogP contribution in [0.1, 0.15) is 43.8 Å². The number of nitrogens with zero attached hydrogens (tertiary/aromatic N) is 3. The number of aromatic nitrogens is 3. The molecule has 2 aromatic rings. The molecular weight excluding hydrogens is 350 g/mol. The summed E-state index contributed by atoms with van der Waals surface area (Å²) in [6.07, 6.45) is 3.20. The first-order valence-electron chi connectivity index (χ1n) is 9.26. The fraction of sp³-hybridized carbons (Fsp3) is 0.611. The summed E-state index contributed by atoms with van der Waals surface area (Å²) in [5, 5.41) is 12.4. The highest BCUT2D eigenvalue weighted by molar-refractivity contribution is 7.09. The zero-order valence-corrected chi connectivity index (χ0v) is 16.2. The number of amides is 2. The minimum Gasteiger partial charge on any atom is -0.335 e. The van der Waals surface area contributed by atoms with Crippen molar-refractivity contribution in [3.05, 3.63) is 38.7 Å². The van der Waals surface area contributed by atoms with Gasteiger partial charge in [-0.1, -0.05) is 19.9 Å². The number of fused-ring (bicyclic) bond motifs is 1. The molecule has 3 rings (SSSR count). The van der Waals surface area contributed by atoms with Crippen molar-refractivity contribution in [2.75, 3.05) is 0 Å². The van der Waals surface area contributed by atoms with Crippen LogP contribution in [-0.2, 0) is 26.1 Å². The molecule has 1 aliphatic rings. The fourth-order valence-corrected chi connectivity index (χ4v) is 3.76. The summed E-state index contributed by atoms with van der Waals surface area (Å²) in [7, 11) is 0. The largest absolute Gasteiger partial charge is 0.345 e. The maximum absolute atomic E-state index is 12.5. The Morgan fingerprint density at radius 2 is 2.27 bits per heavy atom. The number of thiophene rings is 1. The summed E-state index contributed by atoms with van der Waals surface area (Å²) < 4.78 is 3.36. The van der Waals surface area contributed by atoms with Gasteiger partial charge in [-0.15, -0.1) is 11.3 Å². The van der Waals surface area contributed by atoms with Gasteiger partial charge in [0.15, 0.2) is 0 Å². The number of rotatable bonds is 6. The van der Waals surface area contributed by atoms with E-state index in [0.717, 1.165) is 30.0 Å². The Labute approximate surface area is 157 Å². The van der Waals surface area contributed by atoms with Gasteiger partial charge in [0.2, 0.25) is 0 Å². The Bertz CT molecular complexity index is 778. The predicted octanol–water partition coefficient (Wildman–Crippen LogP) is 2.36. The van der Waals surface area contributed by atoms with Crippen molar-refractivity contribution in [1.82, 2.24) is 25.0 Å². The summed E-state index contributed by atoms with van der Waals surface area (Å²) >= 11 is 1.62. The van der Waals surface area contributed by atoms with Gasteiger partial charge in [0.25, 0.3) is 0 Å². The van der Waals surface area contributed by atoms with Crippen LogP contribution in [0.3, 0.4) is 0 Å². The summed E-state index contributed by atoms with van der Waals surface area (Å²) in [4.78, 5) is 25.7. The van der Waals surface area contributed by atoms with Gasteiger partial charge < -0.3 is 10.6 Å². The normalized spacial score (nSPS) is 17.0. The molecule has 2 N–H and O–H groups in total. The van der Waals surface area contributed by atoms with Crippen LogP contribution in [0.2, 0.25) is 0 Å². The lowest BCUT2D eigenvalue weighted by molar-refractivity contribution is 0.235. The molecule has 2 amide bonds. The molecular formula is C18H27N5O2S. The maximum atomic E-state index is 12.5. The number of carbonyl (C=O) groups is 1. The third-order valence-electron chi connectivity index (χ3n) is 4.67. The number of hydrogen-bond donors (Lipinski definition) is 2. The van der Waals surface area contributed by atoms with Crippen LogP contribution in [0.5, 0.6) is 0 Å². The number of urea groups is 1. The van der Waals surface area contributed by atoms with E-state index in [1.165, 1.54) is 0 Å². The van der Waals surface area contributed by atoms with Crippen molar-refractivity contribution in [2.24, 2.45) is 5.92 Å². The highest BCUT2D eigenvalue weighted by Crippen LogP contribution is 2.13. The Morgan fingerprint density at radius 3 is 3.00 bits per heavy atom. The molecule has 0 saturated carbocycles. The van der Waals surface area contributed by atoms with Crippen LogP contribution in [0, 0.1) is 5.92 Å². The molecule has 26 heavy (non-hydrogen) atoms. The second-order valence-electron chi connectivity index (χ2n) is 7.19. The average molecular weight is 378 g/mol. The van der Waals surface area contributed by atoms with E-state index in [4.69, 9.17) is 0 Å². The standard InChI is InChI=1S/C18H27N5O2S/c1-13(2)7-10-23-18(25)22-9-8-14(5-6-16(22)21-23)20-17(24)19-12-15-4-3-11-26-15/h3-4,11,13-14H,5-10,12H2,1-2H3,(H2,19,20,24). The van der Waals surface area contributed by atoms with E-state index >= 15 is 0 Å². The third kappa shape index (κ3) is 4.75. The second-order valence-corrected chi connectivity index (χ2v) is 8.22. The lowest BCUT2D eigenvalue weighted by atomic mass is 10.1. The topological polar surface area (TPSA) is 81.0 Å². The molecule has 1 aliphatic heterocycles. The Kier molecular flexibility index (Phi) is 6.13. The van der Waals surface area contributed by atoms with Crippen LogP contribution < -0.4 is 16.3 Å². The van der Waals surface area contributed by atoms with Crippen LogP contribution in [-0.4, -0.2) is 26.4 Å². The fourth-order valence-electron chi connectivity index (χ4n) is 3.12. The van der Waals surface area contributed by atoms with E-state index < -0.39 is 0 Å². The van der Waals surface area contributed by atoms with E-state index in [-0.39, 0.29) is 17.8 Å².